The highest BCUT2D eigenvalue weighted by atomic mass is 79.9. The lowest BCUT2D eigenvalue weighted by molar-refractivity contribution is 0.101. The van der Waals surface area contributed by atoms with E-state index in [4.69, 9.17) is 4.74 Å². The van der Waals surface area contributed by atoms with E-state index >= 15 is 0 Å². The summed E-state index contributed by atoms with van der Waals surface area (Å²) in [6, 6.07) is 3.58. The van der Waals surface area contributed by atoms with Crippen LogP contribution in [0.3, 0.4) is 0 Å². The van der Waals surface area contributed by atoms with Crippen LogP contribution in [0.25, 0.3) is 0 Å². The van der Waals surface area contributed by atoms with Gasteiger partial charge in [0.15, 0.2) is 11.5 Å². The van der Waals surface area contributed by atoms with Crippen LogP contribution >= 0.6 is 27.3 Å². The second kappa shape index (κ2) is 5.16. The van der Waals surface area contributed by atoms with Crippen LogP contribution in [0.5, 0.6) is 11.6 Å². The second-order valence-corrected chi connectivity index (χ2v) is 5.76. The number of carbonyl (C=O) groups excluding carboxylic acids is 1. The molecule has 0 aliphatic carbocycles. The van der Waals surface area contributed by atoms with E-state index in [0.717, 1.165) is 15.3 Å². The van der Waals surface area contributed by atoms with E-state index in [-0.39, 0.29) is 5.78 Å². The minimum atomic E-state index is -0.0432. The molecule has 0 aliphatic heterocycles. The molecule has 0 N–H and O–H groups in total. The minimum Gasteiger partial charge on any atom is -0.436 e. The summed E-state index contributed by atoms with van der Waals surface area (Å²) in [4.78, 5) is 20.5. The third kappa shape index (κ3) is 2.76. The summed E-state index contributed by atoms with van der Waals surface area (Å²) in [5.74, 6) is 0.918. The van der Waals surface area contributed by atoms with Gasteiger partial charge in [-0.05, 0) is 41.9 Å². The average Bonchev–Trinajstić information content (AvgIpc) is 2.64. The summed E-state index contributed by atoms with van der Waals surface area (Å²) in [7, 11) is 0. The number of aromatic nitrogens is 2. The third-order valence-corrected chi connectivity index (χ3v) is 3.73. The fourth-order valence-corrected chi connectivity index (χ4v) is 2.57. The molecule has 0 radical (unpaired) electrons. The normalized spacial score (nSPS) is 10.4. The number of halogens is 1. The first-order valence-corrected chi connectivity index (χ1v) is 6.87. The second-order valence-electron chi connectivity index (χ2n) is 3.74. The maximum atomic E-state index is 11.5. The maximum absolute atomic E-state index is 11.5. The van der Waals surface area contributed by atoms with Crippen molar-refractivity contribution in [2.24, 2.45) is 0 Å². The van der Waals surface area contributed by atoms with Crippen LogP contribution in [0.4, 0.5) is 0 Å². The van der Waals surface area contributed by atoms with Gasteiger partial charge in [0.2, 0.25) is 5.88 Å². The minimum absolute atomic E-state index is 0.0432. The molecule has 18 heavy (non-hydrogen) atoms. The molecule has 0 spiro atoms. The largest absolute Gasteiger partial charge is 0.436 e. The van der Waals surface area contributed by atoms with Crippen LogP contribution in [0, 0.1) is 13.8 Å². The molecule has 0 aliphatic rings. The number of Topliss-reactive ketones (excluding diaryl/α,β-unsaturated/α-hetero) is 1. The number of thiazole rings is 1. The standard InChI is InChI=1S/C12H11BrN2O2S/c1-6-9(4-5-10(13)14-6)17-12-11(7(2)16)18-8(3)15-12/h4-5H,1-3H3. The zero-order valence-corrected chi connectivity index (χ0v) is 12.6. The van der Waals surface area contributed by atoms with Gasteiger partial charge in [-0.15, -0.1) is 11.3 Å². The number of nitrogens with zero attached hydrogens (tertiary/aromatic N) is 2. The number of hydrogen-bond donors (Lipinski definition) is 0. The van der Waals surface area contributed by atoms with Crippen molar-refractivity contribution >= 4 is 33.0 Å². The Hall–Kier alpha value is -1.27. The molecule has 2 rings (SSSR count). The maximum Gasteiger partial charge on any atom is 0.241 e. The molecular formula is C12H11BrN2O2S. The number of hydrogen-bond acceptors (Lipinski definition) is 5. The number of carbonyl (C=O) groups is 1. The molecule has 2 aromatic rings. The van der Waals surface area contributed by atoms with Crippen LogP contribution in [0.15, 0.2) is 16.7 Å². The number of ether oxygens (including phenoxy) is 1. The van der Waals surface area contributed by atoms with E-state index < -0.39 is 0 Å². The van der Waals surface area contributed by atoms with Crippen LogP contribution in [0.2, 0.25) is 0 Å². The molecule has 6 heteroatoms. The Bertz CT molecular complexity index is 610. The van der Waals surface area contributed by atoms with Gasteiger partial charge >= 0.3 is 0 Å². The molecule has 0 amide bonds. The predicted octanol–water partition coefficient (Wildman–Crippen LogP) is 3.91. The first-order valence-electron chi connectivity index (χ1n) is 5.26. The van der Waals surface area contributed by atoms with E-state index in [1.807, 2.05) is 13.8 Å². The first-order chi connectivity index (χ1) is 8.47. The van der Waals surface area contributed by atoms with Gasteiger partial charge in [0.05, 0.1) is 10.7 Å². The van der Waals surface area contributed by atoms with Crippen molar-refractivity contribution in [1.29, 1.82) is 0 Å². The lowest BCUT2D eigenvalue weighted by atomic mass is 10.3. The summed E-state index contributed by atoms with van der Waals surface area (Å²) in [5, 5.41) is 0.804. The Morgan fingerprint density at radius 3 is 2.67 bits per heavy atom. The van der Waals surface area contributed by atoms with E-state index in [9.17, 15) is 4.79 Å². The van der Waals surface area contributed by atoms with Crippen LogP contribution in [-0.2, 0) is 0 Å². The van der Waals surface area contributed by atoms with Crippen molar-refractivity contribution in [1.82, 2.24) is 9.97 Å². The molecular weight excluding hydrogens is 316 g/mol. The Kier molecular flexibility index (Phi) is 3.77. The van der Waals surface area contributed by atoms with E-state index in [1.54, 1.807) is 12.1 Å². The highest BCUT2D eigenvalue weighted by molar-refractivity contribution is 9.10. The smallest absolute Gasteiger partial charge is 0.241 e. The molecule has 0 bridgehead atoms. The lowest BCUT2D eigenvalue weighted by Gasteiger charge is -2.06. The predicted molar refractivity (Wildman–Crippen MR) is 73.6 cm³/mol. The number of pyridine rings is 1. The van der Waals surface area contributed by atoms with Crippen molar-refractivity contribution in [2.75, 3.05) is 0 Å². The molecule has 0 unspecified atom stereocenters. The van der Waals surface area contributed by atoms with E-state index in [2.05, 4.69) is 25.9 Å². The van der Waals surface area contributed by atoms with E-state index in [0.29, 0.717) is 16.5 Å². The molecule has 4 nitrogen and oxygen atoms in total. The highest BCUT2D eigenvalue weighted by Gasteiger charge is 2.16. The zero-order valence-electron chi connectivity index (χ0n) is 10.2. The van der Waals surface area contributed by atoms with Gasteiger partial charge in [0.25, 0.3) is 0 Å². The summed E-state index contributed by atoms with van der Waals surface area (Å²) in [6.07, 6.45) is 0. The van der Waals surface area contributed by atoms with Gasteiger partial charge in [-0.25, -0.2) is 9.97 Å². The summed E-state index contributed by atoms with van der Waals surface area (Å²) < 4.78 is 6.42. The average molecular weight is 327 g/mol. The van der Waals surface area contributed by atoms with Crippen molar-refractivity contribution in [3.05, 3.63) is 32.3 Å². The molecule has 2 heterocycles. The van der Waals surface area contributed by atoms with E-state index in [1.165, 1.54) is 18.3 Å². The number of rotatable bonds is 3. The Balaban J connectivity index is 2.36. The SMILES string of the molecule is CC(=O)c1sc(C)nc1Oc1ccc(Br)nc1C. The van der Waals surface area contributed by atoms with Gasteiger partial charge in [-0.2, -0.15) is 0 Å². The monoisotopic (exact) mass is 326 g/mol. The Morgan fingerprint density at radius 2 is 2.06 bits per heavy atom. The molecule has 94 valence electrons. The van der Waals surface area contributed by atoms with Crippen LogP contribution in [0.1, 0.15) is 27.3 Å². The fraction of sp³-hybridized carbons (Fsp3) is 0.250. The zero-order chi connectivity index (χ0) is 13.3. The molecule has 2 aromatic heterocycles. The van der Waals surface area contributed by atoms with Crippen molar-refractivity contribution in [3.8, 4) is 11.6 Å². The van der Waals surface area contributed by atoms with Crippen molar-refractivity contribution < 1.29 is 9.53 Å². The molecule has 0 fully saturated rings. The van der Waals surface area contributed by atoms with Crippen LogP contribution in [-0.4, -0.2) is 15.8 Å². The topological polar surface area (TPSA) is 52.1 Å². The van der Waals surface area contributed by atoms with Gasteiger partial charge in [-0.1, -0.05) is 0 Å². The van der Waals surface area contributed by atoms with Gasteiger partial charge in [0.1, 0.15) is 9.48 Å². The fourth-order valence-electron chi connectivity index (χ4n) is 1.43. The highest BCUT2D eigenvalue weighted by Crippen LogP contribution is 2.31. The molecule has 0 saturated heterocycles. The van der Waals surface area contributed by atoms with Gasteiger partial charge in [0, 0.05) is 6.92 Å². The molecule has 0 atom stereocenters. The summed E-state index contributed by atoms with van der Waals surface area (Å²) in [5.41, 5.74) is 0.740. The number of aryl methyl sites for hydroxylation is 2. The van der Waals surface area contributed by atoms with Gasteiger partial charge in [-0.3, -0.25) is 4.79 Å². The number of ketones is 1. The van der Waals surface area contributed by atoms with Gasteiger partial charge < -0.3 is 4.74 Å². The van der Waals surface area contributed by atoms with Crippen molar-refractivity contribution in [2.45, 2.75) is 20.8 Å². The van der Waals surface area contributed by atoms with Crippen LogP contribution < -0.4 is 4.74 Å². The summed E-state index contributed by atoms with van der Waals surface area (Å²) >= 11 is 4.62. The lowest BCUT2D eigenvalue weighted by Crippen LogP contribution is -1.96. The molecule has 0 aromatic carbocycles. The first kappa shape index (κ1) is 13.2. The quantitative estimate of drug-likeness (QED) is 0.633. The third-order valence-electron chi connectivity index (χ3n) is 2.23. The Labute approximate surface area is 117 Å². The van der Waals surface area contributed by atoms with Crippen molar-refractivity contribution in [3.63, 3.8) is 0 Å². The molecule has 0 saturated carbocycles. The summed E-state index contributed by atoms with van der Waals surface area (Å²) in [6.45, 7) is 5.19. The Morgan fingerprint density at radius 1 is 1.33 bits per heavy atom.